The number of fused-ring (bicyclic) bond motifs is 2. The molecule has 5 heteroatoms. The van der Waals surface area contributed by atoms with Crippen LogP contribution in [0, 0.1) is 6.92 Å². The quantitative estimate of drug-likeness (QED) is 0.201. The van der Waals surface area contributed by atoms with Crippen molar-refractivity contribution in [3.8, 4) is 11.5 Å². The van der Waals surface area contributed by atoms with E-state index in [9.17, 15) is 4.79 Å². The van der Waals surface area contributed by atoms with Gasteiger partial charge in [-0.05, 0) is 66.7 Å². The van der Waals surface area contributed by atoms with Gasteiger partial charge in [0.2, 0.25) is 5.91 Å². The van der Waals surface area contributed by atoms with Gasteiger partial charge in [0.05, 0.1) is 6.10 Å². The molecule has 0 saturated heterocycles. The Hall–Kier alpha value is -3.67. The van der Waals surface area contributed by atoms with Crippen LogP contribution >= 0.6 is 0 Å². The van der Waals surface area contributed by atoms with Crippen molar-refractivity contribution in [3.05, 3.63) is 125 Å². The van der Waals surface area contributed by atoms with Gasteiger partial charge in [0, 0.05) is 29.2 Å². The second-order valence-corrected chi connectivity index (χ2v) is 17.7. The molecule has 0 saturated carbocycles. The number of carbonyl (C=O) groups excluding carboxylic acids is 1. The van der Waals surface area contributed by atoms with Crippen LogP contribution in [0.5, 0.6) is 11.5 Å². The molecule has 0 radical (unpaired) electrons. The fraction of sp³-hybridized carbons (Fsp3) is 0.324. The Labute approximate surface area is 252 Å². The summed E-state index contributed by atoms with van der Waals surface area (Å²) in [7, 11) is -2.00. The standard InChI is InChI=1S/C37H43NO3Si/c1-26-15-14-18-28(23-24-32(27-16-8-7-9-17-27)41-42(5,6)37(2,3)4)36(26)38-35(39)25-31-29-19-10-12-21-33(29)40-34-22-13-11-20-30(31)34/h7-22,31-32H,23-25H2,1-6H3,(H,38,39). The van der Waals surface area contributed by atoms with E-state index in [1.807, 2.05) is 36.4 Å². The SMILES string of the molecule is Cc1cccc(CCC(O[Si](C)(C)C(C)(C)C)c2ccccc2)c1NC(=O)CC1c2ccccc2Oc2ccccc21. The Kier molecular flexibility index (Phi) is 8.72. The van der Waals surface area contributed by atoms with Crippen molar-refractivity contribution in [3.63, 3.8) is 0 Å². The molecule has 4 aromatic rings. The molecule has 0 bridgehead atoms. The van der Waals surface area contributed by atoms with Crippen LogP contribution in [0.2, 0.25) is 18.1 Å². The highest BCUT2D eigenvalue weighted by molar-refractivity contribution is 6.74. The molecule has 1 aliphatic heterocycles. The lowest BCUT2D eigenvalue weighted by Gasteiger charge is -2.39. The molecule has 0 aromatic heterocycles. The number of hydrogen-bond donors (Lipinski definition) is 1. The van der Waals surface area contributed by atoms with Gasteiger partial charge in [0.1, 0.15) is 11.5 Å². The molecular formula is C37H43NO3Si. The smallest absolute Gasteiger partial charge is 0.225 e. The highest BCUT2D eigenvalue weighted by Gasteiger charge is 2.39. The first-order chi connectivity index (χ1) is 20.0. The zero-order valence-electron chi connectivity index (χ0n) is 25.7. The van der Waals surface area contributed by atoms with Gasteiger partial charge in [-0.25, -0.2) is 0 Å². The van der Waals surface area contributed by atoms with Gasteiger partial charge in [0.25, 0.3) is 0 Å². The van der Waals surface area contributed by atoms with E-state index in [0.717, 1.165) is 52.3 Å². The van der Waals surface area contributed by atoms with Crippen LogP contribution in [0.4, 0.5) is 5.69 Å². The summed E-state index contributed by atoms with van der Waals surface area (Å²) in [6, 6.07) is 32.9. The molecule has 1 unspecified atom stereocenters. The Morgan fingerprint density at radius 1 is 0.857 bits per heavy atom. The largest absolute Gasteiger partial charge is 0.457 e. The molecule has 1 atom stereocenters. The average Bonchev–Trinajstić information content (AvgIpc) is 2.96. The highest BCUT2D eigenvalue weighted by atomic mass is 28.4. The van der Waals surface area contributed by atoms with E-state index in [1.165, 1.54) is 5.56 Å². The zero-order chi connectivity index (χ0) is 29.9. The van der Waals surface area contributed by atoms with Crippen LogP contribution in [0.15, 0.2) is 97.1 Å². The summed E-state index contributed by atoms with van der Waals surface area (Å²) in [6.45, 7) is 13.5. The summed E-state index contributed by atoms with van der Waals surface area (Å²) >= 11 is 0. The molecular weight excluding hydrogens is 534 g/mol. The van der Waals surface area contributed by atoms with Crippen molar-refractivity contribution < 1.29 is 14.0 Å². The van der Waals surface area contributed by atoms with E-state index in [0.29, 0.717) is 6.42 Å². The summed E-state index contributed by atoms with van der Waals surface area (Å²) in [4.78, 5) is 13.7. The third-order valence-corrected chi connectivity index (χ3v) is 13.4. The molecule has 4 nitrogen and oxygen atoms in total. The molecule has 1 N–H and O–H groups in total. The number of hydrogen-bond acceptors (Lipinski definition) is 3. The lowest BCUT2D eigenvalue weighted by Crippen LogP contribution is -2.42. The second-order valence-electron chi connectivity index (χ2n) is 12.9. The van der Waals surface area contributed by atoms with Crippen LogP contribution in [0.1, 0.15) is 73.5 Å². The van der Waals surface area contributed by atoms with Crippen molar-refractivity contribution >= 4 is 19.9 Å². The number of carbonyl (C=O) groups is 1. The van der Waals surface area contributed by atoms with Gasteiger partial charge >= 0.3 is 0 Å². The summed E-state index contributed by atoms with van der Waals surface area (Å²) < 4.78 is 13.1. The van der Waals surface area contributed by atoms with Gasteiger partial charge < -0.3 is 14.5 Å². The number of anilines is 1. The van der Waals surface area contributed by atoms with Gasteiger partial charge in [0.15, 0.2) is 8.32 Å². The molecule has 1 heterocycles. The van der Waals surface area contributed by atoms with E-state index in [2.05, 4.69) is 107 Å². The number of para-hydroxylation sites is 3. The van der Waals surface area contributed by atoms with Gasteiger partial charge in [-0.1, -0.05) is 106 Å². The average molecular weight is 578 g/mol. The Morgan fingerprint density at radius 2 is 1.45 bits per heavy atom. The summed E-state index contributed by atoms with van der Waals surface area (Å²) in [5.74, 6) is 1.57. The molecule has 0 aliphatic carbocycles. The number of nitrogens with one attached hydrogen (secondary N) is 1. The molecule has 4 aromatic carbocycles. The molecule has 0 spiro atoms. The van der Waals surface area contributed by atoms with Crippen molar-refractivity contribution in [2.75, 3.05) is 5.32 Å². The predicted octanol–water partition coefficient (Wildman–Crippen LogP) is 9.96. The second kappa shape index (κ2) is 12.3. The maximum absolute atomic E-state index is 13.7. The van der Waals surface area contributed by atoms with Crippen LogP contribution in [0.25, 0.3) is 0 Å². The van der Waals surface area contributed by atoms with Crippen molar-refractivity contribution in [2.45, 2.75) is 77.1 Å². The molecule has 1 aliphatic rings. The van der Waals surface area contributed by atoms with Gasteiger partial charge in [-0.2, -0.15) is 0 Å². The fourth-order valence-corrected chi connectivity index (χ4v) is 6.82. The van der Waals surface area contributed by atoms with Crippen LogP contribution in [-0.4, -0.2) is 14.2 Å². The number of benzene rings is 4. The number of amides is 1. The highest BCUT2D eigenvalue weighted by Crippen LogP contribution is 2.46. The first kappa shape index (κ1) is 29.8. The van der Waals surface area contributed by atoms with Gasteiger partial charge in [-0.3, -0.25) is 4.79 Å². The van der Waals surface area contributed by atoms with E-state index >= 15 is 0 Å². The van der Waals surface area contributed by atoms with Crippen molar-refractivity contribution in [2.24, 2.45) is 0 Å². The van der Waals surface area contributed by atoms with Gasteiger partial charge in [-0.15, -0.1) is 0 Å². The predicted molar refractivity (Wildman–Crippen MR) is 175 cm³/mol. The molecule has 5 rings (SSSR count). The maximum Gasteiger partial charge on any atom is 0.225 e. The molecule has 218 valence electrons. The van der Waals surface area contributed by atoms with E-state index in [1.54, 1.807) is 0 Å². The third-order valence-electron chi connectivity index (χ3n) is 8.91. The minimum Gasteiger partial charge on any atom is -0.457 e. The Bertz CT molecular complexity index is 1490. The lowest BCUT2D eigenvalue weighted by atomic mass is 9.85. The number of aryl methyl sites for hydroxylation is 2. The lowest BCUT2D eigenvalue weighted by molar-refractivity contribution is -0.116. The summed E-state index contributed by atoms with van der Waals surface area (Å²) in [5, 5.41) is 3.43. The monoisotopic (exact) mass is 577 g/mol. The van der Waals surface area contributed by atoms with E-state index in [4.69, 9.17) is 9.16 Å². The van der Waals surface area contributed by atoms with Crippen LogP contribution in [-0.2, 0) is 15.6 Å². The van der Waals surface area contributed by atoms with E-state index < -0.39 is 8.32 Å². The first-order valence-electron chi connectivity index (χ1n) is 15.0. The van der Waals surface area contributed by atoms with Crippen LogP contribution < -0.4 is 10.1 Å². The number of ether oxygens (including phenoxy) is 1. The minimum atomic E-state index is -2.00. The molecule has 1 amide bonds. The maximum atomic E-state index is 13.7. The van der Waals surface area contributed by atoms with Crippen molar-refractivity contribution in [1.29, 1.82) is 0 Å². The first-order valence-corrected chi connectivity index (χ1v) is 17.9. The summed E-state index contributed by atoms with van der Waals surface area (Å²) in [6.07, 6.45) is 1.97. The normalized spacial score (nSPS) is 14.0. The zero-order valence-corrected chi connectivity index (χ0v) is 26.7. The summed E-state index contributed by atoms with van der Waals surface area (Å²) in [5.41, 5.74) is 6.41. The topological polar surface area (TPSA) is 47.6 Å². The third kappa shape index (κ3) is 6.53. The fourth-order valence-electron chi connectivity index (χ4n) is 5.50. The van der Waals surface area contributed by atoms with Crippen LogP contribution in [0.3, 0.4) is 0 Å². The Morgan fingerprint density at radius 3 is 2.07 bits per heavy atom. The van der Waals surface area contributed by atoms with Crippen molar-refractivity contribution in [1.82, 2.24) is 0 Å². The minimum absolute atomic E-state index is 0.000751. The van der Waals surface area contributed by atoms with E-state index in [-0.39, 0.29) is 23.0 Å². The Balaban J connectivity index is 1.36. The number of rotatable bonds is 9. The molecule has 0 fully saturated rings. The molecule has 42 heavy (non-hydrogen) atoms.